The van der Waals surface area contributed by atoms with Gasteiger partial charge in [-0.05, 0) is 18.2 Å². The van der Waals surface area contributed by atoms with Gasteiger partial charge >= 0.3 is 0 Å². The van der Waals surface area contributed by atoms with Crippen LogP contribution < -0.4 is 17.2 Å². The van der Waals surface area contributed by atoms with Crippen LogP contribution in [0.3, 0.4) is 0 Å². The minimum Gasteiger partial charge on any atom is -0.399 e. The maximum atomic E-state index is 11.7. The van der Waals surface area contributed by atoms with Gasteiger partial charge in [0.25, 0.3) is 0 Å². The van der Waals surface area contributed by atoms with E-state index < -0.39 is 15.2 Å². The van der Waals surface area contributed by atoms with Gasteiger partial charge in [-0.1, -0.05) is 6.07 Å². The highest BCUT2D eigenvalue weighted by atomic mass is 32.2. The predicted molar refractivity (Wildman–Crippen MR) is 55.1 cm³/mol. The average molecular weight is 215 g/mol. The van der Waals surface area contributed by atoms with Gasteiger partial charge in [0.1, 0.15) is 5.37 Å². The van der Waals surface area contributed by atoms with Crippen LogP contribution in [0.5, 0.6) is 0 Å². The van der Waals surface area contributed by atoms with E-state index in [1.54, 1.807) is 12.1 Å². The van der Waals surface area contributed by atoms with Crippen molar-refractivity contribution in [1.82, 2.24) is 0 Å². The Hall–Kier alpha value is -1.11. The zero-order chi connectivity index (χ0) is 10.8. The van der Waals surface area contributed by atoms with E-state index in [-0.39, 0.29) is 11.4 Å². The van der Waals surface area contributed by atoms with Gasteiger partial charge < -0.3 is 17.2 Å². The standard InChI is InChI=1S/C8H13N3O2S/c9-5-8(11)14(12,13)7-3-1-2-6(10)4-7/h1-4,8H,5,9-11H2. The molecule has 0 heterocycles. The molecule has 5 nitrogen and oxygen atoms in total. The van der Waals surface area contributed by atoms with Crippen molar-refractivity contribution in [2.45, 2.75) is 10.3 Å². The van der Waals surface area contributed by atoms with Gasteiger partial charge in [0.15, 0.2) is 9.84 Å². The first kappa shape index (κ1) is 11.0. The fourth-order valence-corrected chi connectivity index (χ4v) is 2.16. The molecule has 1 rings (SSSR count). The Morgan fingerprint density at radius 3 is 2.50 bits per heavy atom. The number of hydrogen-bond donors (Lipinski definition) is 3. The number of nitrogen functional groups attached to an aromatic ring is 1. The maximum Gasteiger partial charge on any atom is 0.195 e. The lowest BCUT2D eigenvalue weighted by atomic mass is 10.3. The Balaban J connectivity index is 3.17. The van der Waals surface area contributed by atoms with Crippen LogP contribution in [0, 0.1) is 0 Å². The molecule has 78 valence electrons. The van der Waals surface area contributed by atoms with Gasteiger partial charge in [-0.2, -0.15) is 0 Å². The molecule has 0 bridgehead atoms. The third-order valence-electron chi connectivity index (χ3n) is 1.82. The van der Waals surface area contributed by atoms with E-state index in [1.165, 1.54) is 12.1 Å². The Labute approximate surface area is 82.8 Å². The number of nitrogens with two attached hydrogens (primary N) is 3. The summed E-state index contributed by atoms with van der Waals surface area (Å²) < 4.78 is 23.3. The van der Waals surface area contributed by atoms with Crippen LogP contribution >= 0.6 is 0 Å². The molecule has 1 atom stereocenters. The Morgan fingerprint density at radius 2 is 2.00 bits per heavy atom. The summed E-state index contributed by atoms with van der Waals surface area (Å²) in [5.74, 6) is 0. The lowest BCUT2D eigenvalue weighted by Crippen LogP contribution is -2.37. The van der Waals surface area contributed by atoms with Crippen molar-refractivity contribution in [3.8, 4) is 0 Å². The quantitative estimate of drug-likeness (QED) is 0.576. The summed E-state index contributed by atoms with van der Waals surface area (Å²) in [7, 11) is -3.54. The van der Waals surface area contributed by atoms with Crippen LogP contribution in [0.4, 0.5) is 5.69 Å². The number of benzene rings is 1. The lowest BCUT2D eigenvalue weighted by Gasteiger charge is -2.10. The summed E-state index contributed by atoms with van der Waals surface area (Å²) >= 11 is 0. The third-order valence-corrected chi connectivity index (χ3v) is 3.72. The summed E-state index contributed by atoms with van der Waals surface area (Å²) in [5, 5.41) is -1.08. The third kappa shape index (κ3) is 2.03. The van der Waals surface area contributed by atoms with Crippen molar-refractivity contribution >= 4 is 15.5 Å². The minimum absolute atomic E-state index is 0.107. The molecule has 14 heavy (non-hydrogen) atoms. The first-order chi connectivity index (χ1) is 6.48. The van der Waals surface area contributed by atoms with E-state index in [2.05, 4.69) is 0 Å². The zero-order valence-electron chi connectivity index (χ0n) is 7.55. The van der Waals surface area contributed by atoms with Gasteiger partial charge in [0.05, 0.1) is 4.90 Å². The number of hydrogen-bond acceptors (Lipinski definition) is 5. The molecule has 0 saturated carbocycles. The van der Waals surface area contributed by atoms with Gasteiger partial charge in [0, 0.05) is 12.2 Å². The molecule has 0 fully saturated rings. The maximum absolute atomic E-state index is 11.7. The predicted octanol–water partition coefficient (Wildman–Crippen LogP) is -0.714. The molecule has 1 aromatic carbocycles. The number of sulfone groups is 1. The van der Waals surface area contributed by atoms with Crippen LogP contribution in [-0.2, 0) is 9.84 Å². The van der Waals surface area contributed by atoms with Crippen LogP contribution in [0.1, 0.15) is 0 Å². The van der Waals surface area contributed by atoms with Crippen molar-refractivity contribution in [3.05, 3.63) is 24.3 Å². The molecule has 0 saturated heterocycles. The highest BCUT2D eigenvalue weighted by Crippen LogP contribution is 2.15. The van der Waals surface area contributed by atoms with E-state index in [0.29, 0.717) is 5.69 Å². The molecule has 0 spiro atoms. The summed E-state index contributed by atoms with van der Waals surface area (Å²) in [6.45, 7) is -0.114. The Morgan fingerprint density at radius 1 is 1.36 bits per heavy atom. The molecule has 0 amide bonds. The molecular formula is C8H13N3O2S. The van der Waals surface area contributed by atoms with Crippen molar-refractivity contribution in [1.29, 1.82) is 0 Å². The normalized spacial score (nSPS) is 13.9. The van der Waals surface area contributed by atoms with Crippen molar-refractivity contribution in [2.75, 3.05) is 12.3 Å². The minimum atomic E-state index is -3.54. The van der Waals surface area contributed by atoms with Crippen LogP contribution in [0.2, 0.25) is 0 Å². The smallest absolute Gasteiger partial charge is 0.195 e. The molecular weight excluding hydrogens is 202 g/mol. The van der Waals surface area contributed by atoms with Crippen LogP contribution in [0.25, 0.3) is 0 Å². The second-order valence-corrected chi connectivity index (χ2v) is 5.06. The molecule has 0 aliphatic rings. The van der Waals surface area contributed by atoms with E-state index in [0.717, 1.165) is 0 Å². The summed E-state index contributed by atoms with van der Waals surface area (Å²) in [6, 6.07) is 5.98. The van der Waals surface area contributed by atoms with Gasteiger partial charge in [0.2, 0.25) is 0 Å². The Kier molecular flexibility index (Phi) is 3.10. The van der Waals surface area contributed by atoms with Crippen LogP contribution in [0.15, 0.2) is 29.2 Å². The van der Waals surface area contributed by atoms with Gasteiger partial charge in [-0.25, -0.2) is 8.42 Å². The second-order valence-electron chi connectivity index (χ2n) is 2.89. The monoisotopic (exact) mass is 215 g/mol. The van der Waals surface area contributed by atoms with Crippen LogP contribution in [-0.4, -0.2) is 20.3 Å². The summed E-state index contributed by atoms with van der Waals surface area (Å²) in [5.41, 5.74) is 16.4. The fraction of sp³-hybridized carbons (Fsp3) is 0.250. The Bertz CT molecular complexity index is 416. The molecule has 0 radical (unpaired) electrons. The van der Waals surface area contributed by atoms with Crippen molar-refractivity contribution in [2.24, 2.45) is 11.5 Å². The zero-order valence-corrected chi connectivity index (χ0v) is 8.37. The van der Waals surface area contributed by atoms with Gasteiger partial charge in [-0.15, -0.1) is 0 Å². The van der Waals surface area contributed by atoms with Crippen molar-refractivity contribution in [3.63, 3.8) is 0 Å². The number of rotatable bonds is 3. The largest absolute Gasteiger partial charge is 0.399 e. The topological polar surface area (TPSA) is 112 Å². The van der Waals surface area contributed by atoms with E-state index in [1.807, 2.05) is 0 Å². The molecule has 1 unspecified atom stereocenters. The summed E-state index contributed by atoms with van der Waals surface area (Å²) in [6.07, 6.45) is 0. The average Bonchev–Trinajstić information content (AvgIpc) is 2.16. The molecule has 6 N–H and O–H groups in total. The van der Waals surface area contributed by atoms with E-state index in [9.17, 15) is 8.42 Å². The fourth-order valence-electron chi connectivity index (χ4n) is 0.993. The summed E-state index contributed by atoms with van der Waals surface area (Å²) in [4.78, 5) is 0.107. The van der Waals surface area contributed by atoms with E-state index >= 15 is 0 Å². The highest BCUT2D eigenvalue weighted by molar-refractivity contribution is 7.92. The molecule has 1 aromatic rings. The lowest BCUT2D eigenvalue weighted by molar-refractivity contribution is 0.581. The molecule has 0 aromatic heterocycles. The SMILES string of the molecule is NCC(N)S(=O)(=O)c1cccc(N)c1. The molecule has 0 aliphatic heterocycles. The highest BCUT2D eigenvalue weighted by Gasteiger charge is 2.22. The second kappa shape index (κ2) is 3.95. The number of anilines is 1. The van der Waals surface area contributed by atoms with Gasteiger partial charge in [-0.3, -0.25) is 0 Å². The first-order valence-corrected chi connectivity index (χ1v) is 5.58. The van der Waals surface area contributed by atoms with E-state index in [4.69, 9.17) is 17.2 Å². The molecule has 0 aliphatic carbocycles. The van der Waals surface area contributed by atoms with Crippen molar-refractivity contribution < 1.29 is 8.42 Å². The first-order valence-electron chi connectivity index (χ1n) is 4.03. The molecule has 6 heteroatoms.